The lowest BCUT2D eigenvalue weighted by molar-refractivity contribution is 0.0928. The number of hydrogen-bond donors (Lipinski definition) is 2. The molecule has 21 heavy (non-hydrogen) atoms. The van der Waals surface area contributed by atoms with E-state index in [4.69, 9.17) is 0 Å². The molecule has 1 aromatic rings. The first kappa shape index (κ1) is 14.3. The van der Waals surface area contributed by atoms with E-state index in [2.05, 4.69) is 20.6 Å². The van der Waals surface area contributed by atoms with Gasteiger partial charge in [0.2, 0.25) is 0 Å². The first-order chi connectivity index (χ1) is 10.2. The predicted octanol–water partition coefficient (Wildman–Crippen LogP) is 2.81. The Hall–Kier alpha value is -1.65. The van der Waals surface area contributed by atoms with Crippen molar-refractivity contribution >= 4 is 11.7 Å². The fourth-order valence-electron chi connectivity index (χ4n) is 2.88. The molecule has 1 aromatic heterocycles. The average molecular weight is 288 g/mol. The van der Waals surface area contributed by atoms with Crippen molar-refractivity contribution in [3.8, 4) is 0 Å². The Bertz CT molecular complexity index is 505. The molecule has 0 aromatic carbocycles. The van der Waals surface area contributed by atoms with Gasteiger partial charge >= 0.3 is 0 Å². The van der Waals surface area contributed by atoms with Crippen molar-refractivity contribution in [2.45, 2.75) is 70.4 Å². The van der Waals surface area contributed by atoms with Crippen molar-refractivity contribution < 1.29 is 4.79 Å². The van der Waals surface area contributed by atoms with Gasteiger partial charge in [-0.05, 0) is 32.6 Å². The highest BCUT2D eigenvalue weighted by Crippen LogP contribution is 2.24. The van der Waals surface area contributed by atoms with Gasteiger partial charge in [-0.15, -0.1) is 0 Å². The summed E-state index contributed by atoms with van der Waals surface area (Å²) in [5.41, 5.74) is 0.481. The number of rotatable bonds is 4. The van der Waals surface area contributed by atoms with Gasteiger partial charge in [0, 0.05) is 18.2 Å². The largest absolute Gasteiger partial charge is 0.367 e. The number of carbonyl (C=O) groups is 1. The van der Waals surface area contributed by atoms with E-state index in [0.717, 1.165) is 18.7 Å². The molecular weight excluding hydrogens is 264 g/mol. The fraction of sp³-hybridized carbons (Fsp3) is 0.688. The number of carbonyl (C=O) groups excluding carboxylic acids is 1. The molecule has 0 radical (unpaired) electrons. The Labute approximate surface area is 125 Å². The van der Waals surface area contributed by atoms with Gasteiger partial charge in [0.25, 0.3) is 5.91 Å². The van der Waals surface area contributed by atoms with Crippen LogP contribution in [0.3, 0.4) is 0 Å². The van der Waals surface area contributed by atoms with Crippen molar-refractivity contribution in [1.82, 2.24) is 15.3 Å². The summed E-state index contributed by atoms with van der Waals surface area (Å²) in [5, 5.41) is 6.48. The normalized spacial score (nSPS) is 19.9. The van der Waals surface area contributed by atoms with Crippen LogP contribution in [0, 0.1) is 6.92 Å². The van der Waals surface area contributed by atoms with Gasteiger partial charge in [0.05, 0.1) is 0 Å². The van der Waals surface area contributed by atoms with Crippen LogP contribution in [0.15, 0.2) is 6.07 Å². The standard InChI is InChI=1S/C16H24N4O/c1-11-17-14(10-15(18-11)19-13-8-9-13)16(21)20-12-6-4-2-3-5-7-12/h10,12-13H,2-9H2,1H3,(H,20,21)(H,17,18,19). The summed E-state index contributed by atoms with van der Waals surface area (Å²) in [6, 6.07) is 2.60. The molecule has 2 fully saturated rings. The zero-order chi connectivity index (χ0) is 14.7. The highest BCUT2D eigenvalue weighted by atomic mass is 16.1. The van der Waals surface area contributed by atoms with Crippen molar-refractivity contribution in [3.63, 3.8) is 0 Å². The Morgan fingerprint density at radius 1 is 1.05 bits per heavy atom. The summed E-state index contributed by atoms with van der Waals surface area (Å²) in [4.78, 5) is 21.0. The van der Waals surface area contributed by atoms with E-state index in [-0.39, 0.29) is 5.91 Å². The van der Waals surface area contributed by atoms with E-state index in [1.54, 1.807) is 6.07 Å². The molecule has 0 saturated heterocycles. The lowest BCUT2D eigenvalue weighted by atomic mass is 10.1. The molecule has 0 unspecified atom stereocenters. The van der Waals surface area contributed by atoms with E-state index in [0.29, 0.717) is 23.6 Å². The Morgan fingerprint density at radius 2 is 1.76 bits per heavy atom. The van der Waals surface area contributed by atoms with Gasteiger partial charge < -0.3 is 10.6 Å². The number of nitrogens with zero attached hydrogens (tertiary/aromatic N) is 2. The number of hydrogen-bond acceptors (Lipinski definition) is 4. The zero-order valence-electron chi connectivity index (χ0n) is 12.7. The molecule has 2 aliphatic carbocycles. The molecule has 3 rings (SSSR count). The maximum Gasteiger partial charge on any atom is 0.270 e. The summed E-state index contributed by atoms with van der Waals surface area (Å²) >= 11 is 0. The summed E-state index contributed by atoms with van der Waals surface area (Å²) in [6.07, 6.45) is 9.54. The second-order valence-electron chi connectivity index (χ2n) is 6.27. The molecule has 2 aliphatic rings. The molecule has 2 saturated carbocycles. The zero-order valence-corrected chi connectivity index (χ0v) is 12.7. The van der Waals surface area contributed by atoms with Gasteiger partial charge in [-0.25, -0.2) is 9.97 Å². The van der Waals surface area contributed by atoms with Gasteiger partial charge in [0.15, 0.2) is 0 Å². The van der Waals surface area contributed by atoms with Crippen molar-refractivity contribution in [3.05, 3.63) is 17.6 Å². The summed E-state index contributed by atoms with van der Waals surface area (Å²) in [6.45, 7) is 1.83. The number of anilines is 1. The molecule has 1 amide bonds. The molecule has 5 heteroatoms. The van der Waals surface area contributed by atoms with E-state index in [1.165, 1.54) is 38.5 Å². The van der Waals surface area contributed by atoms with Crippen LogP contribution in [-0.2, 0) is 0 Å². The molecule has 0 atom stereocenters. The van der Waals surface area contributed by atoms with Gasteiger partial charge in [0.1, 0.15) is 17.3 Å². The minimum atomic E-state index is -0.0637. The first-order valence-electron chi connectivity index (χ1n) is 8.14. The van der Waals surface area contributed by atoms with Crippen LogP contribution in [-0.4, -0.2) is 28.0 Å². The minimum Gasteiger partial charge on any atom is -0.367 e. The second kappa shape index (κ2) is 6.41. The van der Waals surface area contributed by atoms with E-state index < -0.39 is 0 Å². The average Bonchev–Trinajstić information content (AvgIpc) is 3.26. The van der Waals surface area contributed by atoms with Crippen LogP contribution in [0.2, 0.25) is 0 Å². The fourth-order valence-corrected chi connectivity index (χ4v) is 2.88. The summed E-state index contributed by atoms with van der Waals surface area (Å²) in [5.74, 6) is 1.36. The Balaban J connectivity index is 1.66. The highest BCUT2D eigenvalue weighted by molar-refractivity contribution is 5.93. The van der Waals surface area contributed by atoms with Gasteiger partial charge in [-0.2, -0.15) is 0 Å². The third-order valence-corrected chi connectivity index (χ3v) is 4.19. The maximum atomic E-state index is 12.4. The topological polar surface area (TPSA) is 66.9 Å². The quantitative estimate of drug-likeness (QED) is 0.836. The van der Waals surface area contributed by atoms with Gasteiger partial charge in [-0.1, -0.05) is 25.7 Å². The minimum absolute atomic E-state index is 0.0637. The van der Waals surface area contributed by atoms with E-state index >= 15 is 0 Å². The predicted molar refractivity (Wildman–Crippen MR) is 82.4 cm³/mol. The third-order valence-electron chi connectivity index (χ3n) is 4.19. The second-order valence-corrected chi connectivity index (χ2v) is 6.27. The van der Waals surface area contributed by atoms with Crippen LogP contribution in [0.5, 0.6) is 0 Å². The number of aromatic nitrogens is 2. The number of amides is 1. The smallest absolute Gasteiger partial charge is 0.270 e. The van der Waals surface area contributed by atoms with Gasteiger partial charge in [-0.3, -0.25) is 4.79 Å². The summed E-state index contributed by atoms with van der Waals surface area (Å²) in [7, 11) is 0. The monoisotopic (exact) mass is 288 g/mol. The highest BCUT2D eigenvalue weighted by Gasteiger charge is 2.23. The molecule has 0 spiro atoms. The van der Waals surface area contributed by atoms with Crippen molar-refractivity contribution in [2.75, 3.05) is 5.32 Å². The number of aryl methyl sites for hydroxylation is 1. The Kier molecular flexibility index (Phi) is 4.36. The van der Waals surface area contributed by atoms with Crippen LogP contribution >= 0.6 is 0 Å². The molecule has 0 aliphatic heterocycles. The molecule has 2 N–H and O–H groups in total. The maximum absolute atomic E-state index is 12.4. The van der Waals surface area contributed by atoms with Crippen molar-refractivity contribution in [2.24, 2.45) is 0 Å². The Morgan fingerprint density at radius 3 is 2.43 bits per heavy atom. The lowest BCUT2D eigenvalue weighted by Gasteiger charge is -2.16. The van der Waals surface area contributed by atoms with Crippen LogP contribution < -0.4 is 10.6 Å². The van der Waals surface area contributed by atoms with E-state index in [9.17, 15) is 4.79 Å². The van der Waals surface area contributed by atoms with E-state index in [1.807, 2.05) is 6.92 Å². The summed E-state index contributed by atoms with van der Waals surface area (Å²) < 4.78 is 0. The van der Waals surface area contributed by atoms with Crippen molar-refractivity contribution in [1.29, 1.82) is 0 Å². The lowest BCUT2D eigenvalue weighted by Crippen LogP contribution is -2.35. The van der Waals surface area contributed by atoms with Crippen LogP contribution in [0.25, 0.3) is 0 Å². The molecule has 1 heterocycles. The molecule has 5 nitrogen and oxygen atoms in total. The molecule has 114 valence electrons. The van der Waals surface area contributed by atoms with Crippen LogP contribution in [0.1, 0.15) is 67.7 Å². The van der Waals surface area contributed by atoms with Crippen LogP contribution in [0.4, 0.5) is 5.82 Å². The third kappa shape index (κ3) is 4.16. The SMILES string of the molecule is Cc1nc(NC2CC2)cc(C(=O)NC2CCCCCC2)n1. The molecule has 0 bridgehead atoms. The molecular formula is C16H24N4O. The first-order valence-corrected chi connectivity index (χ1v) is 8.14. The number of nitrogens with one attached hydrogen (secondary N) is 2.